The van der Waals surface area contributed by atoms with Crippen LogP contribution in [0.3, 0.4) is 0 Å². The summed E-state index contributed by atoms with van der Waals surface area (Å²) in [6, 6.07) is 21.2. The Hall–Kier alpha value is -1.84. The van der Waals surface area contributed by atoms with Crippen molar-refractivity contribution >= 4 is 8.32 Å². The second-order valence-electron chi connectivity index (χ2n) is 7.28. The largest absolute Gasteiger partial charge is 0.546 e. The SMILES string of the molecule is C[Si](C)(C)OC1=CC[C@@H](c2ccccc2)[C@H](c2ccccc2)OC1. The zero-order valence-electron chi connectivity index (χ0n) is 14.7. The Morgan fingerprint density at radius 1 is 0.875 bits per heavy atom. The van der Waals surface area contributed by atoms with Gasteiger partial charge in [-0.25, -0.2) is 0 Å². The standard InChI is InChI=1S/C21H26O2Si/c1-24(2,3)23-19-14-15-20(17-10-6-4-7-11-17)21(22-16-19)18-12-8-5-9-13-18/h4-14,20-21H,15-16H2,1-3H3/t20-,21-/m0/s1. The number of allylic oxidation sites excluding steroid dienone is 1. The zero-order chi connectivity index (χ0) is 17.0. The first-order valence-corrected chi connectivity index (χ1v) is 12.0. The first-order chi connectivity index (χ1) is 11.5. The topological polar surface area (TPSA) is 18.5 Å². The average Bonchev–Trinajstić information content (AvgIpc) is 2.77. The molecule has 2 aromatic carbocycles. The summed E-state index contributed by atoms with van der Waals surface area (Å²) in [4.78, 5) is 0. The molecule has 0 bridgehead atoms. The fourth-order valence-electron chi connectivity index (χ4n) is 3.18. The van der Waals surface area contributed by atoms with Gasteiger partial charge < -0.3 is 9.16 Å². The molecule has 1 aliphatic heterocycles. The van der Waals surface area contributed by atoms with Gasteiger partial charge in [0.05, 0.1) is 6.10 Å². The van der Waals surface area contributed by atoms with Crippen LogP contribution in [0.5, 0.6) is 0 Å². The third-order valence-corrected chi connectivity index (χ3v) is 5.04. The normalized spacial score (nSPS) is 21.7. The summed E-state index contributed by atoms with van der Waals surface area (Å²) in [5, 5.41) is 0. The van der Waals surface area contributed by atoms with Crippen molar-refractivity contribution in [3.8, 4) is 0 Å². The molecule has 0 amide bonds. The van der Waals surface area contributed by atoms with E-state index in [1.807, 2.05) is 0 Å². The van der Waals surface area contributed by atoms with E-state index in [2.05, 4.69) is 86.4 Å². The van der Waals surface area contributed by atoms with E-state index in [-0.39, 0.29) is 6.10 Å². The van der Waals surface area contributed by atoms with Crippen molar-refractivity contribution in [2.45, 2.75) is 38.1 Å². The van der Waals surface area contributed by atoms with Crippen LogP contribution < -0.4 is 0 Å². The van der Waals surface area contributed by atoms with Gasteiger partial charge in [-0.15, -0.1) is 0 Å². The first kappa shape index (κ1) is 17.0. The van der Waals surface area contributed by atoms with Crippen LogP contribution in [0.1, 0.15) is 29.6 Å². The number of rotatable bonds is 4. The fraction of sp³-hybridized carbons (Fsp3) is 0.333. The maximum Gasteiger partial charge on any atom is 0.241 e. The van der Waals surface area contributed by atoms with Crippen molar-refractivity contribution in [2.75, 3.05) is 6.61 Å². The molecule has 2 nitrogen and oxygen atoms in total. The molecular formula is C21H26O2Si. The molecule has 0 aliphatic carbocycles. The van der Waals surface area contributed by atoms with Gasteiger partial charge in [-0.1, -0.05) is 60.7 Å². The summed E-state index contributed by atoms with van der Waals surface area (Å²) >= 11 is 0. The minimum Gasteiger partial charge on any atom is -0.546 e. The average molecular weight is 339 g/mol. The molecule has 0 spiro atoms. The summed E-state index contributed by atoms with van der Waals surface area (Å²) in [5.41, 5.74) is 2.55. The van der Waals surface area contributed by atoms with E-state index in [4.69, 9.17) is 9.16 Å². The van der Waals surface area contributed by atoms with E-state index in [1.165, 1.54) is 11.1 Å². The number of benzene rings is 2. The second-order valence-corrected chi connectivity index (χ2v) is 11.7. The summed E-state index contributed by atoms with van der Waals surface area (Å²) in [7, 11) is -1.62. The second kappa shape index (κ2) is 7.37. The minimum atomic E-state index is -1.62. The third-order valence-electron chi connectivity index (χ3n) is 4.16. The Morgan fingerprint density at radius 3 is 2.04 bits per heavy atom. The molecule has 24 heavy (non-hydrogen) atoms. The molecule has 0 unspecified atom stereocenters. The predicted octanol–water partition coefficient (Wildman–Crippen LogP) is 5.67. The van der Waals surface area contributed by atoms with Crippen LogP contribution in [0.4, 0.5) is 0 Å². The van der Waals surface area contributed by atoms with E-state index in [0.29, 0.717) is 12.5 Å². The Balaban J connectivity index is 1.90. The molecule has 2 aromatic rings. The number of ether oxygens (including phenoxy) is 1. The Kier molecular flexibility index (Phi) is 5.22. The molecule has 2 atom stereocenters. The monoisotopic (exact) mass is 338 g/mol. The third kappa shape index (κ3) is 4.37. The molecule has 0 saturated heterocycles. The van der Waals surface area contributed by atoms with Gasteiger partial charge in [0, 0.05) is 5.92 Å². The van der Waals surface area contributed by atoms with Gasteiger partial charge in [-0.3, -0.25) is 0 Å². The quantitative estimate of drug-likeness (QED) is 0.669. The Labute approximate surface area is 146 Å². The van der Waals surface area contributed by atoms with Gasteiger partial charge in [0.15, 0.2) is 0 Å². The summed E-state index contributed by atoms with van der Waals surface area (Å²) in [6.07, 6.45) is 3.22. The van der Waals surface area contributed by atoms with Gasteiger partial charge in [0.25, 0.3) is 0 Å². The molecule has 3 heteroatoms. The van der Waals surface area contributed by atoms with Crippen LogP contribution in [-0.2, 0) is 9.16 Å². The maximum atomic E-state index is 6.34. The van der Waals surface area contributed by atoms with E-state index in [0.717, 1.165) is 12.2 Å². The van der Waals surface area contributed by atoms with E-state index >= 15 is 0 Å². The molecule has 0 aromatic heterocycles. The summed E-state index contributed by atoms with van der Waals surface area (Å²) in [5.74, 6) is 1.30. The highest BCUT2D eigenvalue weighted by Crippen LogP contribution is 2.39. The van der Waals surface area contributed by atoms with Crippen molar-refractivity contribution in [1.29, 1.82) is 0 Å². The van der Waals surface area contributed by atoms with Crippen molar-refractivity contribution in [1.82, 2.24) is 0 Å². The van der Waals surface area contributed by atoms with Crippen molar-refractivity contribution < 1.29 is 9.16 Å². The molecule has 0 fully saturated rings. The molecule has 0 N–H and O–H groups in total. The maximum absolute atomic E-state index is 6.34. The van der Waals surface area contributed by atoms with E-state index in [9.17, 15) is 0 Å². The van der Waals surface area contributed by atoms with Crippen LogP contribution in [0, 0.1) is 0 Å². The van der Waals surface area contributed by atoms with Crippen LogP contribution in [0.25, 0.3) is 0 Å². The van der Waals surface area contributed by atoms with Crippen molar-refractivity contribution in [3.05, 3.63) is 83.6 Å². The van der Waals surface area contributed by atoms with Crippen LogP contribution >= 0.6 is 0 Å². The van der Waals surface area contributed by atoms with Gasteiger partial charge >= 0.3 is 0 Å². The van der Waals surface area contributed by atoms with E-state index in [1.54, 1.807) is 0 Å². The van der Waals surface area contributed by atoms with Crippen LogP contribution in [-0.4, -0.2) is 14.9 Å². The van der Waals surface area contributed by atoms with Crippen LogP contribution in [0.15, 0.2) is 72.5 Å². The molecule has 3 rings (SSSR count). The van der Waals surface area contributed by atoms with Crippen molar-refractivity contribution in [2.24, 2.45) is 0 Å². The summed E-state index contributed by atoms with van der Waals surface area (Å²) < 4.78 is 12.5. The molecular weight excluding hydrogens is 312 g/mol. The summed E-state index contributed by atoms with van der Waals surface area (Å²) in [6.45, 7) is 7.18. The van der Waals surface area contributed by atoms with Gasteiger partial charge in [-0.05, 0) is 43.3 Å². The molecule has 0 radical (unpaired) electrons. The zero-order valence-corrected chi connectivity index (χ0v) is 15.7. The molecule has 126 valence electrons. The number of hydrogen-bond donors (Lipinski definition) is 0. The smallest absolute Gasteiger partial charge is 0.241 e. The van der Waals surface area contributed by atoms with Gasteiger partial charge in [-0.2, -0.15) is 0 Å². The molecule has 1 heterocycles. The molecule has 0 saturated carbocycles. The highest BCUT2D eigenvalue weighted by atomic mass is 28.4. The van der Waals surface area contributed by atoms with Gasteiger partial charge in [0.1, 0.15) is 12.4 Å². The van der Waals surface area contributed by atoms with Crippen molar-refractivity contribution in [3.63, 3.8) is 0 Å². The Morgan fingerprint density at radius 2 is 1.46 bits per heavy atom. The lowest BCUT2D eigenvalue weighted by molar-refractivity contribution is 0.0418. The predicted molar refractivity (Wildman–Crippen MR) is 101 cm³/mol. The molecule has 1 aliphatic rings. The lowest BCUT2D eigenvalue weighted by Gasteiger charge is -2.26. The lowest BCUT2D eigenvalue weighted by atomic mass is 9.87. The van der Waals surface area contributed by atoms with E-state index < -0.39 is 8.32 Å². The fourth-order valence-corrected chi connectivity index (χ4v) is 4.10. The highest BCUT2D eigenvalue weighted by Gasteiger charge is 2.29. The highest BCUT2D eigenvalue weighted by molar-refractivity contribution is 6.70. The van der Waals surface area contributed by atoms with Crippen LogP contribution in [0.2, 0.25) is 19.6 Å². The Bertz CT molecular complexity index is 674. The minimum absolute atomic E-state index is 0.0487. The first-order valence-electron chi connectivity index (χ1n) is 8.62. The van der Waals surface area contributed by atoms with Gasteiger partial charge in [0.2, 0.25) is 8.32 Å². The number of hydrogen-bond acceptors (Lipinski definition) is 2. The lowest BCUT2D eigenvalue weighted by Crippen LogP contribution is -2.26.